The minimum absolute atomic E-state index is 0.0733. The van der Waals surface area contributed by atoms with E-state index in [9.17, 15) is 0 Å². The molecule has 0 N–H and O–H groups in total. The standard InChI is InChI=1S/C30H30O3P2/c1-23-29(32-34(25-15-7-3-8-16-25)26-17-9-4-10-18-26)30(24(2)31-23)33-35(27-19-11-5-12-20-27)28-21-13-6-14-22-28/h3-24,29-30H,1-2H3/t23-,24-,29+,30+/m0/s1. The summed E-state index contributed by atoms with van der Waals surface area (Å²) >= 11 is 0. The average Bonchev–Trinajstić information content (AvgIpc) is 3.19. The van der Waals surface area contributed by atoms with Gasteiger partial charge in [-0.3, -0.25) is 0 Å². The summed E-state index contributed by atoms with van der Waals surface area (Å²) in [6, 6.07) is 42.0. The van der Waals surface area contributed by atoms with Gasteiger partial charge in [-0.1, -0.05) is 121 Å². The van der Waals surface area contributed by atoms with E-state index in [1.54, 1.807) is 0 Å². The topological polar surface area (TPSA) is 27.7 Å². The highest BCUT2D eigenvalue weighted by Gasteiger charge is 2.45. The van der Waals surface area contributed by atoms with E-state index in [1.807, 2.05) is 24.3 Å². The first kappa shape index (κ1) is 24.3. The lowest BCUT2D eigenvalue weighted by molar-refractivity contribution is 0.0351. The van der Waals surface area contributed by atoms with Gasteiger partial charge in [-0.25, -0.2) is 0 Å². The smallest absolute Gasteiger partial charge is 0.118 e. The molecule has 0 spiro atoms. The zero-order valence-electron chi connectivity index (χ0n) is 20.0. The summed E-state index contributed by atoms with van der Waals surface area (Å²) in [4.78, 5) is 0. The molecule has 0 bridgehead atoms. The first-order valence-electron chi connectivity index (χ1n) is 12.0. The van der Waals surface area contributed by atoms with Gasteiger partial charge in [0, 0.05) is 21.2 Å². The van der Waals surface area contributed by atoms with Crippen molar-refractivity contribution in [2.45, 2.75) is 38.3 Å². The Morgan fingerprint density at radius 1 is 0.457 bits per heavy atom. The molecular weight excluding hydrogens is 470 g/mol. The lowest BCUT2D eigenvalue weighted by Crippen LogP contribution is -2.37. The Labute approximate surface area is 210 Å². The van der Waals surface area contributed by atoms with Crippen molar-refractivity contribution in [1.29, 1.82) is 0 Å². The summed E-state index contributed by atoms with van der Waals surface area (Å²) in [7, 11) is -2.04. The molecule has 1 fully saturated rings. The van der Waals surface area contributed by atoms with Gasteiger partial charge >= 0.3 is 0 Å². The van der Waals surface area contributed by atoms with Crippen molar-refractivity contribution in [2.24, 2.45) is 0 Å². The molecule has 0 aliphatic carbocycles. The van der Waals surface area contributed by atoms with E-state index < -0.39 is 16.3 Å². The van der Waals surface area contributed by atoms with Crippen LogP contribution in [-0.2, 0) is 13.8 Å². The molecule has 0 amide bonds. The highest BCUT2D eigenvalue weighted by atomic mass is 31.1. The molecule has 5 heteroatoms. The molecule has 1 aliphatic heterocycles. The van der Waals surface area contributed by atoms with Crippen molar-refractivity contribution in [1.82, 2.24) is 0 Å². The maximum absolute atomic E-state index is 6.98. The van der Waals surface area contributed by atoms with Gasteiger partial charge in [0.15, 0.2) is 0 Å². The third-order valence-corrected chi connectivity index (χ3v) is 10.1. The quantitative estimate of drug-likeness (QED) is 0.292. The lowest BCUT2D eigenvalue weighted by atomic mass is 10.1. The van der Waals surface area contributed by atoms with Gasteiger partial charge in [-0.05, 0) is 13.8 Å². The molecule has 3 nitrogen and oxygen atoms in total. The maximum Gasteiger partial charge on any atom is 0.118 e. The fourth-order valence-corrected chi connectivity index (χ4v) is 8.28. The predicted molar refractivity (Wildman–Crippen MR) is 148 cm³/mol. The second-order valence-electron chi connectivity index (χ2n) is 8.62. The normalized spacial score (nSPS) is 22.1. The fraction of sp³-hybridized carbons (Fsp3) is 0.200. The van der Waals surface area contributed by atoms with E-state index in [1.165, 1.54) is 21.2 Å². The van der Waals surface area contributed by atoms with Crippen LogP contribution >= 0.6 is 16.3 Å². The summed E-state index contributed by atoms with van der Waals surface area (Å²) in [5, 5.41) is 4.75. The fourth-order valence-electron chi connectivity index (χ4n) is 4.36. The summed E-state index contributed by atoms with van der Waals surface area (Å²) < 4.78 is 20.3. The van der Waals surface area contributed by atoms with Crippen LogP contribution < -0.4 is 21.2 Å². The summed E-state index contributed by atoms with van der Waals surface area (Å²) in [6.45, 7) is 4.20. The molecule has 5 rings (SSSR count). The molecule has 1 heterocycles. The molecule has 35 heavy (non-hydrogen) atoms. The Morgan fingerprint density at radius 2 is 0.714 bits per heavy atom. The minimum Gasteiger partial charge on any atom is -0.370 e. The van der Waals surface area contributed by atoms with Gasteiger partial charge in [0.25, 0.3) is 0 Å². The highest BCUT2D eigenvalue weighted by molar-refractivity contribution is 7.69. The van der Waals surface area contributed by atoms with Crippen molar-refractivity contribution >= 4 is 37.5 Å². The molecule has 0 unspecified atom stereocenters. The third-order valence-electron chi connectivity index (χ3n) is 6.10. The van der Waals surface area contributed by atoms with Crippen LogP contribution in [0.3, 0.4) is 0 Å². The second-order valence-corrected chi connectivity index (χ2v) is 12.3. The highest BCUT2D eigenvalue weighted by Crippen LogP contribution is 2.45. The number of hydrogen-bond donors (Lipinski definition) is 0. The zero-order chi connectivity index (χ0) is 24.0. The van der Waals surface area contributed by atoms with Crippen molar-refractivity contribution in [3.63, 3.8) is 0 Å². The van der Waals surface area contributed by atoms with E-state index in [4.69, 9.17) is 13.8 Å². The van der Waals surface area contributed by atoms with Gasteiger partial charge in [-0.2, -0.15) is 0 Å². The minimum atomic E-state index is -1.02. The number of hydrogen-bond acceptors (Lipinski definition) is 3. The van der Waals surface area contributed by atoms with Crippen LogP contribution in [0.4, 0.5) is 0 Å². The van der Waals surface area contributed by atoms with E-state index in [0.29, 0.717) is 0 Å². The SMILES string of the molecule is C[C@@H]1O[C@@H](C)[C@@H](OP(c2ccccc2)c2ccccc2)[C@@H]1OP(c1ccccc1)c1ccccc1. The molecule has 4 atom stereocenters. The van der Waals surface area contributed by atoms with E-state index >= 15 is 0 Å². The van der Waals surface area contributed by atoms with Crippen molar-refractivity contribution in [2.75, 3.05) is 0 Å². The molecule has 4 aromatic carbocycles. The van der Waals surface area contributed by atoms with Gasteiger partial charge in [0.2, 0.25) is 0 Å². The molecule has 178 valence electrons. The van der Waals surface area contributed by atoms with E-state index in [2.05, 4.69) is 111 Å². The number of benzene rings is 4. The van der Waals surface area contributed by atoms with E-state index in [-0.39, 0.29) is 24.4 Å². The Bertz CT molecular complexity index is 1000. The van der Waals surface area contributed by atoms with Gasteiger partial charge in [0.05, 0.1) is 28.5 Å². The number of ether oxygens (including phenoxy) is 1. The van der Waals surface area contributed by atoms with Crippen LogP contribution in [0.5, 0.6) is 0 Å². The second kappa shape index (κ2) is 11.6. The molecule has 1 aliphatic rings. The molecule has 0 saturated carbocycles. The van der Waals surface area contributed by atoms with Crippen LogP contribution in [0.15, 0.2) is 121 Å². The third kappa shape index (κ3) is 5.72. The van der Waals surface area contributed by atoms with Gasteiger partial charge in [0.1, 0.15) is 12.2 Å². The van der Waals surface area contributed by atoms with E-state index in [0.717, 1.165) is 0 Å². The zero-order valence-corrected chi connectivity index (χ0v) is 21.8. The van der Waals surface area contributed by atoms with Crippen LogP contribution in [0.25, 0.3) is 0 Å². The first-order valence-corrected chi connectivity index (χ1v) is 14.5. The number of rotatable bonds is 8. The summed E-state index contributed by atoms with van der Waals surface area (Å²) in [5.74, 6) is 0. The monoisotopic (exact) mass is 500 g/mol. The van der Waals surface area contributed by atoms with Crippen molar-refractivity contribution < 1.29 is 13.8 Å². The first-order chi connectivity index (χ1) is 17.2. The molecule has 0 aromatic heterocycles. The summed E-state index contributed by atoms with van der Waals surface area (Å²) in [6.07, 6.45) is -0.519. The predicted octanol–water partition coefficient (Wildman–Crippen LogP) is 5.66. The Hall–Kier alpha value is -2.38. The van der Waals surface area contributed by atoms with Gasteiger partial charge < -0.3 is 13.8 Å². The summed E-state index contributed by atoms with van der Waals surface area (Å²) in [5.41, 5.74) is 0. The van der Waals surface area contributed by atoms with Crippen LogP contribution in [0.1, 0.15) is 13.8 Å². The van der Waals surface area contributed by atoms with Crippen LogP contribution in [-0.4, -0.2) is 24.4 Å². The Kier molecular flexibility index (Phi) is 8.04. The maximum atomic E-state index is 6.98. The molecule has 0 radical (unpaired) electrons. The van der Waals surface area contributed by atoms with Gasteiger partial charge in [-0.15, -0.1) is 0 Å². The Balaban J connectivity index is 1.47. The largest absolute Gasteiger partial charge is 0.370 e. The Morgan fingerprint density at radius 3 is 0.971 bits per heavy atom. The average molecular weight is 501 g/mol. The van der Waals surface area contributed by atoms with Crippen molar-refractivity contribution in [3.05, 3.63) is 121 Å². The molecule has 1 saturated heterocycles. The lowest BCUT2D eigenvalue weighted by Gasteiger charge is -2.31. The van der Waals surface area contributed by atoms with Crippen LogP contribution in [0, 0.1) is 0 Å². The molecule has 4 aromatic rings. The van der Waals surface area contributed by atoms with Crippen molar-refractivity contribution in [3.8, 4) is 0 Å². The van der Waals surface area contributed by atoms with Crippen LogP contribution in [0.2, 0.25) is 0 Å². The molecular formula is C30H30O3P2.